The zero-order valence-corrected chi connectivity index (χ0v) is 11.7. The molecule has 3 nitrogen and oxygen atoms in total. The van der Waals surface area contributed by atoms with Gasteiger partial charge in [0.25, 0.3) is 0 Å². The Hall–Kier alpha value is -0.770. The van der Waals surface area contributed by atoms with E-state index in [1.165, 1.54) is 25.7 Å². The Morgan fingerprint density at radius 2 is 2.06 bits per heavy atom. The van der Waals surface area contributed by atoms with Crippen LogP contribution in [0.3, 0.4) is 0 Å². The lowest BCUT2D eigenvalue weighted by atomic mass is 10.1. The zero-order valence-electron chi connectivity index (χ0n) is 10.9. The van der Waals surface area contributed by atoms with Crippen LogP contribution in [0.5, 0.6) is 0 Å². The van der Waals surface area contributed by atoms with Gasteiger partial charge in [-0.25, -0.2) is 4.98 Å². The normalized spacial score (nSPS) is 18.3. The van der Waals surface area contributed by atoms with Gasteiger partial charge in [-0.05, 0) is 32.9 Å². The Morgan fingerprint density at radius 3 is 2.71 bits per heavy atom. The van der Waals surface area contributed by atoms with Crippen molar-refractivity contribution in [2.24, 2.45) is 0 Å². The molecule has 0 atom stereocenters. The Kier molecular flexibility index (Phi) is 3.92. The van der Waals surface area contributed by atoms with Gasteiger partial charge in [-0.3, -0.25) is 4.98 Å². The zero-order chi connectivity index (χ0) is 12.3. The number of aryl methyl sites for hydroxylation is 2. The summed E-state index contributed by atoms with van der Waals surface area (Å²) >= 11 is 2.00. The van der Waals surface area contributed by atoms with E-state index >= 15 is 0 Å². The largest absolute Gasteiger partial charge is 0.367 e. The van der Waals surface area contributed by atoms with Crippen LogP contribution in [-0.4, -0.2) is 27.5 Å². The van der Waals surface area contributed by atoms with Gasteiger partial charge in [0.1, 0.15) is 5.82 Å². The van der Waals surface area contributed by atoms with Gasteiger partial charge in [-0.1, -0.05) is 12.8 Å². The summed E-state index contributed by atoms with van der Waals surface area (Å²) < 4.78 is 0.415. The van der Waals surface area contributed by atoms with Gasteiger partial charge in [0, 0.05) is 17.5 Å². The highest BCUT2D eigenvalue weighted by Gasteiger charge is 2.32. The molecule has 1 aromatic heterocycles. The summed E-state index contributed by atoms with van der Waals surface area (Å²) in [4.78, 5) is 8.86. The van der Waals surface area contributed by atoms with Crippen LogP contribution in [0.25, 0.3) is 0 Å². The number of nitrogens with one attached hydrogen (secondary N) is 1. The molecular weight excluding hydrogens is 230 g/mol. The van der Waals surface area contributed by atoms with E-state index in [9.17, 15) is 0 Å². The highest BCUT2D eigenvalue weighted by molar-refractivity contribution is 8.00. The maximum Gasteiger partial charge on any atom is 0.147 e. The summed E-state index contributed by atoms with van der Waals surface area (Å²) in [5.41, 5.74) is 1.97. The average molecular weight is 251 g/mol. The summed E-state index contributed by atoms with van der Waals surface area (Å²) in [5, 5.41) is 3.49. The van der Waals surface area contributed by atoms with Crippen LogP contribution in [0.15, 0.2) is 6.20 Å². The molecule has 0 spiro atoms. The minimum absolute atomic E-state index is 0.415. The van der Waals surface area contributed by atoms with E-state index in [0.717, 1.165) is 23.8 Å². The van der Waals surface area contributed by atoms with E-state index in [1.807, 2.05) is 31.8 Å². The maximum absolute atomic E-state index is 4.52. The Labute approximate surface area is 108 Å². The van der Waals surface area contributed by atoms with E-state index < -0.39 is 0 Å². The van der Waals surface area contributed by atoms with Crippen molar-refractivity contribution in [1.82, 2.24) is 9.97 Å². The monoisotopic (exact) mass is 251 g/mol. The fourth-order valence-corrected chi connectivity index (χ4v) is 3.34. The van der Waals surface area contributed by atoms with Crippen molar-refractivity contribution >= 4 is 17.6 Å². The lowest BCUT2D eigenvalue weighted by molar-refractivity contribution is 0.638. The van der Waals surface area contributed by atoms with Crippen molar-refractivity contribution in [1.29, 1.82) is 0 Å². The Morgan fingerprint density at radius 1 is 1.35 bits per heavy atom. The summed E-state index contributed by atoms with van der Waals surface area (Å²) in [6.07, 6.45) is 9.41. The van der Waals surface area contributed by atoms with E-state index in [-0.39, 0.29) is 0 Å². The van der Waals surface area contributed by atoms with Crippen LogP contribution >= 0.6 is 11.8 Å². The molecule has 0 aliphatic heterocycles. The number of rotatable bonds is 4. The fourth-order valence-electron chi connectivity index (χ4n) is 2.42. The van der Waals surface area contributed by atoms with Crippen LogP contribution in [-0.2, 0) is 0 Å². The van der Waals surface area contributed by atoms with Crippen LogP contribution in [0, 0.1) is 13.8 Å². The molecule has 1 heterocycles. The first-order valence-electron chi connectivity index (χ1n) is 6.24. The number of aromatic nitrogens is 2. The van der Waals surface area contributed by atoms with E-state index in [1.54, 1.807) is 0 Å². The predicted molar refractivity (Wildman–Crippen MR) is 74.7 cm³/mol. The minimum Gasteiger partial charge on any atom is -0.367 e. The van der Waals surface area contributed by atoms with Crippen molar-refractivity contribution in [3.05, 3.63) is 17.6 Å². The first-order valence-corrected chi connectivity index (χ1v) is 7.47. The molecule has 1 aromatic rings. The molecule has 0 saturated heterocycles. The van der Waals surface area contributed by atoms with Crippen molar-refractivity contribution < 1.29 is 0 Å². The molecule has 1 fully saturated rings. The molecule has 1 saturated carbocycles. The predicted octanol–water partition coefficient (Wildman–Crippen LogP) is 3.18. The highest BCUT2D eigenvalue weighted by Crippen LogP contribution is 2.40. The molecule has 0 unspecified atom stereocenters. The second-order valence-corrected chi connectivity index (χ2v) is 6.17. The van der Waals surface area contributed by atoms with E-state index in [2.05, 4.69) is 21.5 Å². The van der Waals surface area contributed by atoms with Crippen LogP contribution in [0.1, 0.15) is 37.1 Å². The molecule has 0 amide bonds. The highest BCUT2D eigenvalue weighted by atomic mass is 32.2. The number of hydrogen-bond donors (Lipinski definition) is 1. The topological polar surface area (TPSA) is 37.8 Å². The van der Waals surface area contributed by atoms with Crippen LogP contribution < -0.4 is 5.32 Å². The Bertz CT molecular complexity index is 386. The number of thioether (sulfide) groups is 1. The minimum atomic E-state index is 0.415. The molecule has 17 heavy (non-hydrogen) atoms. The third kappa shape index (κ3) is 2.92. The molecule has 4 heteroatoms. The van der Waals surface area contributed by atoms with E-state index in [0.29, 0.717) is 4.75 Å². The molecule has 1 aliphatic carbocycles. The molecule has 94 valence electrons. The molecule has 0 bridgehead atoms. The second-order valence-electron chi connectivity index (χ2n) is 4.89. The third-order valence-electron chi connectivity index (χ3n) is 3.60. The van der Waals surface area contributed by atoms with Crippen molar-refractivity contribution in [2.45, 2.75) is 44.3 Å². The van der Waals surface area contributed by atoms with E-state index in [4.69, 9.17) is 0 Å². The van der Waals surface area contributed by atoms with Gasteiger partial charge in [-0.15, -0.1) is 0 Å². The first-order chi connectivity index (χ1) is 8.15. The van der Waals surface area contributed by atoms with Crippen LogP contribution in [0.2, 0.25) is 0 Å². The lowest BCUT2D eigenvalue weighted by Gasteiger charge is -2.27. The number of nitrogens with zero attached hydrogens (tertiary/aromatic N) is 2. The lowest BCUT2D eigenvalue weighted by Crippen LogP contribution is -2.30. The van der Waals surface area contributed by atoms with Gasteiger partial charge in [0.15, 0.2) is 0 Å². The van der Waals surface area contributed by atoms with Crippen molar-refractivity contribution in [3.8, 4) is 0 Å². The summed E-state index contributed by atoms with van der Waals surface area (Å²) in [6, 6.07) is 0. The smallest absolute Gasteiger partial charge is 0.147 e. The summed E-state index contributed by atoms with van der Waals surface area (Å²) in [7, 11) is 0. The number of anilines is 1. The third-order valence-corrected chi connectivity index (χ3v) is 5.02. The summed E-state index contributed by atoms with van der Waals surface area (Å²) in [6.45, 7) is 5.00. The average Bonchev–Trinajstić information content (AvgIpc) is 2.80. The van der Waals surface area contributed by atoms with Gasteiger partial charge < -0.3 is 5.32 Å². The molecule has 1 N–H and O–H groups in total. The van der Waals surface area contributed by atoms with Crippen molar-refractivity contribution in [3.63, 3.8) is 0 Å². The second kappa shape index (κ2) is 5.25. The Balaban J connectivity index is 2.03. The standard InChI is InChI=1S/C13H21N3S/c1-10-8-14-11(2)12(16-10)15-9-13(17-3)6-4-5-7-13/h8H,4-7,9H2,1-3H3,(H,15,16). The molecule has 2 rings (SSSR count). The first kappa shape index (κ1) is 12.7. The molecular formula is C13H21N3S. The quantitative estimate of drug-likeness (QED) is 0.892. The van der Waals surface area contributed by atoms with Crippen molar-refractivity contribution in [2.75, 3.05) is 18.1 Å². The summed E-state index contributed by atoms with van der Waals surface area (Å²) in [5.74, 6) is 0.949. The molecule has 0 aromatic carbocycles. The van der Waals surface area contributed by atoms with Gasteiger partial charge >= 0.3 is 0 Å². The van der Waals surface area contributed by atoms with Crippen LogP contribution in [0.4, 0.5) is 5.82 Å². The SMILES string of the molecule is CSC1(CNc2nc(C)cnc2C)CCCC1. The molecule has 0 radical (unpaired) electrons. The van der Waals surface area contributed by atoms with Gasteiger partial charge in [-0.2, -0.15) is 11.8 Å². The fraction of sp³-hybridized carbons (Fsp3) is 0.692. The molecule has 1 aliphatic rings. The maximum atomic E-state index is 4.52. The number of hydrogen-bond acceptors (Lipinski definition) is 4. The van der Waals surface area contributed by atoms with Gasteiger partial charge in [0.05, 0.1) is 11.4 Å². The van der Waals surface area contributed by atoms with Gasteiger partial charge in [0.2, 0.25) is 0 Å².